The maximum atomic E-state index is 12.6. The zero-order valence-electron chi connectivity index (χ0n) is 12.1. The summed E-state index contributed by atoms with van der Waals surface area (Å²) in [4.78, 5) is 3.98. The molecule has 0 aliphatic carbocycles. The summed E-state index contributed by atoms with van der Waals surface area (Å²) in [5.41, 5.74) is -0.298. The molecule has 1 aromatic rings. The van der Waals surface area contributed by atoms with Gasteiger partial charge in [0, 0.05) is 18.2 Å². The lowest BCUT2D eigenvalue weighted by molar-refractivity contribution is -0.137. The summed E-state index contributed by atoms with van der Waals surface area (Å²) < 4.78 is 37.9. The molecule has 6 heteroatoms. The smallest absolute Gasteiger partial charge is 0.314 e. The summed E-state index contributed by atoms with van der Waals surface area (Å²) in [5, 5.41) is 3.35. The van der Waals surface area contributed by atoms with Crippen LogP contribution in [0.2, 0.25) is 5.02 Å². The Morgan fingerprint density at radius 3 is 2.30 bits per heavy atom. The second-order valence-corrected chi connectivity index (χ2v) is 5.61. The Kier molecular flexibility index (Phi) is 5.83. The average molecular weight is 309 g/mol. The van der Waals surface area contributed by atoms with E-state index in [9.17, 15) is 13.2 Å². The molecule has 1 heterocycles. The van der Waals surface area contributed by atoms with Crippen molar-refractivity contribution in [3.8, 4) is 0 Å². The first-order valence-corrected chi connectivity index (χ1v) is 7.02. The van der Waals surface area contributed by atoms with Gasteiger partial charge in [-0.15, -0.1) is 0 Å². The molecule has 1 N–H and O–H groups in total. The van der Waals surface area contributed by atoms with Crippen LogP contribution in [0.4, 0.5) is 13.2 Å². The topological polar surface area (TPSA) is 24.9 Å². The maximum absolute atomic E-state index is 12.6. The molecule has 0 fully saturated rings. The minimum absolute atomic E-state index is 0.0373. The Morgan fingerprint density at radius 1 is 1.30 bits per heavy atom. The molecule has 0 bridgehead atoms. The minimum Gasteiger partial charge on any atom is -0.314 e. The van der Waals surface area contributed by atoms with Crippen LogP contribution in [0.25, 0.3) is 0 Å². The van der Waals surface area contributed by atoms with Crippen LogP contribution in [0.1, 0.15) is 44.9 Å². The Hall–Kier alpha value is -0.810. The standard InChI is InChI=1S/C14H20ClF3N2/c1-5-19-9(4)12(8(2)3)13-11(15)6-10(7-20-13)14(16,17)18/h6-9,12,19H,5H2,1-4H3. The van der Waals surface area contributed by atoms with Gasteiger partial charge in [0.1, 0.15) is 0 Å². The first kappa shape index (κ1) is 17.2. The summed E-state index contributed by atoms with van der Waals surface area (Å²) in [5.74, 6) is 0.176. The van der Waals surface area contributed by atoms with Gasteiger partial charge >= 0.3 is 6.18 Å². The molecule has 0 aliphatic rings. The number of halogens is 4. The number of aromatic nitrogens is 1. The molecule has 0 amide bonds. The van der Waals surface area contributed by atoms with Gasteiger partial charge in [-0.1, -0.05) is 32.4 Å². The van der Waals surface area contributed by atoms with E-state index in [-0.39, 0.29) is 22.9 Å². The molecule has 0 radical (unpaired) electrons. The van der Waals surface area contributed by atoms with Crippen LogP contribution in [0, 0.1) is 5.92 Å². The van der Waals surface area contributed by atoms with Gasteiger partial charge in [0.15, 0.2) is 0 Å². The second kappa shape index (κ2) is 6.76. The fourth-order valence-electron chi connectivity index (χ4n) is 2.43. The van der Waals surface area contributed by atoms with Gasteiger partial charge in [0.25, 0.3) is 0 Å². The highest BCUT2D eigenvalue weighted by molar-refractivity contribution is 6.31. The number of nitrogens with zero attached hydrogens (tertiary/aromatic N) is 1. The van der Waals surface area contributed by atoms with Crippen LogP contribution < -0.4 is 5.32 Å². The van der Waals surface area contributed by atoms with Gasteiger partial charge in [-0.2, -0.15) is 13.2 Å². The Morgan fingerprint density at radius 2 is 1.90 bits per heavy atom. The third-order valence-corrected chi connectivity index (χ3v) is 3.60. The lowest BCUT2D eigenvalue weighted by Crippen LogP contribution is -2.35. The van der Waals surface area contributed by atoms with Gasteiger partial charge in [0.2, 0.25) is 0 Å². The predicted molar refractivity (Wildman–Crippen MR) is 75.0 cm³/mol. The lowest BCUT2D eigenvalue weighted by atomic mass is 9.85. The SMILES string of the molecule is CCNC(C)C(c1ncc(C(F)(F)F)cc1Cl)C(C)C. The number of nitrogens with one attached hydrogen (secondary N) is 1. The van der Waals surface area contributed by atoms with Crippen LogP contribution in [-0.2, 0) is 6.18 Å². The fraction of sp³-hybridized carbons (Fsp3) is 0.643. The summed E-state index contributed by atoms with van der Waals surface area (Å²) in [6.07, 6.45) is -3.56. The second-order valence-electron chi connectivity index (χ2n) is 5.20. The van der Waals surface area contributed by atoms with Crippen molar-refractivity contribution in [1.29, 1.82) is 0 Å². The zero-order valence-corrected chi connectivity index (χ0v) is 12.8. The first-order valence-electron chi connectivity index (χ1n) is 6.64. The van der Waals surface area contributed by atoms with Crippen LogP contribution in [-0.4, -0.2) is 17.6 Å². The van der Waals surface area contributed by atoms with E-state index in [2.05, 4.69) is 10.3 Å². The van der Waals surface area contributed by atoms with E-state index < -0.39 is 11.7 Å². The van der Waals surface area contributed by atoms with Gasteiger partial charge in [0.05, 0.1) is 16.3 Å². The van der Waals surface area contributed by atoms with Crippen molar-refractivity contribution in [2.45, 2.75) is 45.8 Å². The molecule has 1 aromatic heterocycles. The quantitative estimate of drug-likeness (QED) is 0.867. The van der Waals surface area contributed by atoms with Crippen LogP contribution in [0.15, 0.2) is 12.3 Å². The molecule has 0 saturated heterocycles. The lowest BCUT2D eigenvalue weighted by Gasteiger charge is -2.28. The van der Waals surface area contributed by atoms with Gasteiger partial charge in [-0.3, -0.25) is 4.98 Å². The number of likely N-dealkylation sites (N-methyl/N-ethyl adjacent to an activating group) is 1. The summed E-state index contributed by atoms with van der Waals surface area (Å²) in [6, 6.07) is 1.04. The normalized spacial score (nSPS) is 15.4. The molecule has 2 nitrogen and oxygen atoms in total. The average Bonchev–Trinajstić information content (AvgIpc) is 2.30. The third kappa shape index (κ3) is 4.09. The van der Waals surface area contributed by atoms with E-state index in [0.717, 1.165) is 18.8 Å². The molecule has 0 saturated carbocycles. The largest absolute Gasteiger partial charge is 0.417 e. The molecule has 114 valence electrons. The molecule has 2 atom stereocenters. The van der Waals surface area contributed by atoms with Crippen LogP contribution in [0.3, 0.4) is 0 Å². The fourth-order valence-corrected chi connectivity index (χ4v) is 2.72. The van der Waals surface area contributed by atoms with E-state index in [1.807, 2.05) is 27.7 Å². The number of hydrogen-bond acceptors (Lipinski definition) is 2. The van der Waals surface area contributed by atoms with E-state index in [4.69, 9.17) is 11.6 Å². The summed E-state index contributed by atoms with van der Waals surface area (Å²) >= 11 is 6.03. The summed E-state index contributed by atoms with van der Waals surface area (Å²) in [7, 11) is 0. The molecule has 2 unspecified atom stereocenters. The van der Waals surface area contributed by atoms with Gasteiger partial charge in [-0.05, 0) is 25.5 Å². The summed E-state index contributed by atoms with van der Waals surface area (Å²) in [6.45, 7) is 8.77. The highest BCUT2D eigenvalue weighted by Gasteiger charge is 2.33. The number of alkyl halides is 3. The van der Waals surface area contributed by atoms with Crippen molar-refractivity contribution >= 4 is 11.6 Å². The monoisotopic (exact) mass is 308 g/mol. The molecular weight excluding hydrogens is 289 g/mol. The van der Waals surface area contributed by atoms with Crippen molar-refractivity contribution in [3.05, 3.63) is 28.5 Å². The maximum Gasteiger partial charge on any atom is 0.417 e. The van der Waals surface area contributed by atoms with Crippen molar-refractivity contribution in [3.63, 3.8) is 0 Å². The van der Waals surface area contributed by atoms with Crippen molar-refractivity contribution in [2.24, 2.45) is 5.92 Å². The molecule has 20 heavy (non-hydrogen) atoms. The predicted octanol–water partition coefficient (Wildman–Crippen LogP) is 4.49. The van der Waals surface area contributed by atoms with Gasteiger partial charge in [-0.25, -0.2) is 0 Å². The minimum atomic E-state index is -4.42. The first-order chi connectivity index (χ1) is 9.18. The number of hydrogen-bond donors (Lipinski definition) is 1. The molecule has 0 aromatic carbocycles. The highest BCUT2D eigenvalue weighted by atomic mass is 35.5. The van der Waals surface area contributed by atoms with Crippen molar-refractivity contribution in [2.75, 3.05) is 6.54 Å². The Bertz CT molecular complexity index is 447. The van der Waals surface area contributed by atoms with Gasteiger partial charge < -0.3 is 5.32 Å². The van der Waals surface area contributed by atoms with E-state index in [0.29, 0.717) is 5.69 Å². The Balaban J connectivity index is 3.16. The molecule has 0 spiro atoms. The molecular formula is C14H20ClF3N2. The molecule has 1 rings (SSSR count). The van der Waals surface area contributed by atoms with E-state index in [1.54, 1.807) is 0 Å². The Labute approximate surface area is 122 Å². The van der Waals surface area contributed by atoms with E-state index in [1.165, 1.54) is 0 Å². The van der Waals surface area contributed by atoms with Crippen molar-refractivity contribution < 1.29 is 13.2 Å². The van der Waals surface area contributed by atoms with Crippen LogP contribution >= 0.6 is 11.6 Å². The number of rotatable bonds is 5. The van der Waals surface area contributed by atoms with E-state index >= 15 is 0 Å². The molecule has 0 aliphatic heterocycles. The third-order valence-electron chi connectivity index (χ3n) is 3.30. The zero-order chi connectivity index (χ0) is 15.5. The van der Waals surface area contributed by atoms with Crippen LogP contribution in [0.5, 0.6) is 0 Å². The van der Waals surface area contributed by atoms with Crippen molar-refractivity contribution in [1.82, 2.24) is 10.3 Å². The number of pyridine rings is 1. The highest BCUT2D eigenvalue weighted by Crippen LogP contribution is 2.35.